The molecule has 4 rings (SSSR count). The molecule has 0 radical (unpaired) electrons. The van der Waals surface area contributed by atoms with E-state index in [2.05, 4.69) is 31.0 Å². The number of benzene rings is 1. The third-order valence-corrected chi connectivity index (χ3v) is 5.08. The first-order valence-corrected chi connectivity index (χ1v) is 9.42. The zero-order chi connectivity index (χ0) is 19.0. The number of rotatable bonds is 3. The van der Waals surface area contributed by atoms with Gasteiger partial charge < -0.3 is 4.74 Å². The molecule has 3 heterocycles. The summed E-state index contributed by atoms with van der Waals surface area (Å²) in [5, 5.41) is 4.29. The van der Waals surface area contributed by atoms with E-state index in [4.69, 9.17) is 4.74 Å². The van der Waals surface area contributed by atoms with Crippen LogP contribution in [0.5, 0.6) is 5.75 Å². The molecule has 0 aliphatic carbocycles. The third-order valence-electron chi connectivity index (χ3n) is 3.63. The van der Waals surface area contributed by atoms with Crippen molar-refractivity contribution in [1.29, 1.82) is 0 Å². The fraction of sp³-hybridized carbons (Fsp3) is 0.0556. The smallest absolute Gasteiger partial charge is 0.308 e. The van der Waals surface area contributed by atoms with Gasteiger partial charge in [0.1, 0.15) is 5.75 Å². The predicted molar refractivity (Wildman–Crippen MR) is 105 cm³/mol. The van der Waals surface area contributed by atoms with Gasteiger partial charge >= 0.3 is 5.97 Å². The Morgan fingerprint density at radius 3 is 2.74 bits per heavy atom. The van der Waals surface area contributed by atoms with E-state index < -0.39 is 5.97 Å². The first-order valence-electron chi connectivity index (χ1n) is 7.81. The van der Waals surface area contributed by atoms with Crippen molar-refractivity contribution >= 4 is 44.3 Å². The maximum absolute atomic E-state index is 12.7. The molecule has 27 heavy (non-hydrogen) atoms. The summed E-state index contributed by atoms with van der Waals surface area (Å²) in [6.07, 6.45) is 4.95. The zero-order valence-electron chi connectivity index (χ0n) is 13.9. The number of carbonyl (C=O) groups is 1. The van der Waals surface area contributed by atoms with Gasteiger partial charge in [-0.25, -0.2) is 0 Å². The highest BCUT2D eigenvalue weighted by Gasteiger charge is 2.13. The van der Waals surface area contributed by atoms with E-state index in [1.165, 1.54) is 22.8 Å². The number of nitrogens with zero attached hydrogens (tertiary/aromatic N) is 4. The Bertz CT molecular complexity index is 1270. The number of ether oxygens (including phenoxy) is 1. The van der Waals surface area contributed by atoms with Crippen LogP contribution in [0.15, 0.2) is 52.0 Å². The van der Waals surface area contributed by atoms with E-state index in [9.17, 15) is 9.59 Å². The molecule has 1 aromatic carbocycles. The van der Waals surface area contributed by atoms with Crippen LogP contribution in [0.2, 0.25) is 0 Å². The molecule has 7 nitrogen and oxygen atoms in total. The molecule has 9 heteroatoms. The normalized spacial score (nSPS) is 11.9. The van der Waals surface area contributed by atoms with Crippen LogP contribution in [-0.2, 0) is 4.79 Å². The molecule has 0 spiro atoms. The lowest BCUT2D eigenvalue weighted by Gasteiger charge is -2.05. The van der Waals surface area contributed by atoms with Crippen LogP contribution in [-0.4, -0.2) is 25.6 Å². The van der Waals surface area contributed by atoms with Crippen molar-refractivity contribution in [3.8, 4) is 17.1 Å². The molecule has 0 bridgehead atoms. The zero-order valence-corrected chi connectivity index (χ0v) is 16.3. The molecule has 134 valence electrons. The quantitative estimate of drug-likeness (QED) is 0.357. The Kier molecular flexibility index (Phi) is 4.54. The summed E-state index contributed by atoms with van der Waals surface area (Å²) in [6.45, 7) is 1.33. The second-order valence-corrected chi connectivity index (χ2v) is 7.48. The molecule has 3 aromatic heterocycles. The summed E-state index contributed by atoms with van der Waals surface area (Å²) in [6, 6.07) is 8.77. The minimum atomic E-state index is -0.432. The van der Waals surface area contributed by atoms with Crippen molar-refractivity contribution in [3.63, 3.8) is 0 Å². The summed E-state index contributed by atoms with van der Waals surface area (Å²) in [4.78, 5) is 32.9. The van der Waals surface area contributed by atoms with Gasteiger partial charge in [-0.05, 0) is 36.4 Å². The highest BCUT2D eigenvalue weighted by Crippen LogP contribution is 2.24. The fourth-order valence-corrected chi connectivity index (χ4v) is 3.76. The molecular weight excluding hydrogens is 432 g/mol. The van der Waals surface area contributed by atoms with Crippen molar-refractivity contribution in [2.75, 3.05) is 0 Å². The molecular formula is C18H11BrN4O3S. The molecule has 0 atom stereocenters. The van der Waals surface area contributed by atoms with Crippen LogP contribution in [0.25, 0.3) is 22.4 Å². The highest BCUT2D eigenvalue weighted by molar-refractivity contribution is 9.10. The number of thiazole rings is 1. The number of hydrogen-bond donors (Lipinski definition) is 0. The van der Waals surface area contributed by atoms with Crippen LogP contribution in [0.4, 0.5) is 0 Å². The minimum absolute atomic E-state index is 0.281. The SMILES string of the molecule is CC(=O)Oc1ccc(Br)cc1/C=c1\sc2nc(-c3ccncc3)nn2c1=O. The average Bonchev–Trinajstić information content (AvgIpc) is 3.18. The summed E-state index contributed by atoms with van der Waals surface area (Å²) >= 11 is 4.60. The number of pyridine rings is 1. The van der Waals surface area contributed by atoms with Gasteiger partial charge in [-0.3, -0.25) is 14.6 Å². The standard InChI is InChI=1S/C18H11BrN4O3S/c1-10(24)26-14-3-2-13(19)8-12(14)9-15-17(25)23-18(27-15)21-16(22-23)11-4-6-20-7-5-11/h2-9H,1H3/b15-9-. The first-order chi connectivity index (χ1) is 13.0. The largest absolute Gasteiger partial charge is 0.426 e. The fourth-order valence-electron chi connectivity index (χ4n) is 2.48. The van der Waals surface area contributed by atoms with Gasteiger partial charge in [0.05, 0.1) is 4.53 Å². The second kappa shape index (κ2) is 7.01. The molecule has 0 fully saturated rings. The molecule has 0 N–H and O–H groups in total. The van der Waals surface area contributed by atoms with Crippen LogP contribution >= 0.6 is 27.3 Å². The van der Waals surface area contributed by atoms with E-state index in [1.54, 1.807) is 48.8 Å². The number of hydrogen-bond acceptors (Lipinski definition) is 7. The summed E-state index contributed by atoms with van der Waals surface area (Å²) in [5.41, 5.74) is 1.11. The molecule has 0 unspecified atom stereocenters. The Hall–Kier alpha value is -2.91. The maximum atomic E-state index is 12.7. The molecule has 0 saturated carbocycles. The van der Waals surface area contributed by atoms with Crippen LogP contribution in [0.1, 0.15) is 12.5 Å². The van der Waals surface area contributed by atoms with Gasteiger partial charge in [0, 0.05) is 34.9 Å². The Morgan fingerprint density at radius 1 is 1.26 bits per heavy atom. The molecule has 4 aromatic rings. The molecule has 0 saturated heterocycles. The van der Waals surface area contributed by atoms with Gasteiger partial charge in [-0.1, -0.05) is 27.3 Å². The summed E-state index contributed by atoms with van der Waals surface area (Å²) < 4.78 is 7.73. The highest BCUT2D eigenvalue weighted by atomic mass is 79.9. The second-order valence-electron chi connectivity index (χ2n) is 5.56. The molecule has 0 aliphatic rings. The van der Waals surface area contributed by atoms with Gasteiger partial charge in [0.15, 0.2) is 5.82 Å². The average molecular weight is 443 g/mol. The number of esters is 1. The van der Waals surface area contributed by atoms with Gasteiger partial charge in [-0.15, -0.1) is 5.10 Å². The first kappa shape index (κ1) is 17.5. The lowest BCUT2D eigenvalue weighted by atomic mass is 10.2. The van der Waals surface area contributed by atoms with Crippen molar-refractivity contribution in [2.45, 2.75) is 6.92 Å². The maximum Gasteiger partial charge on any atom is 0.308 e. The van der Waals surface area contributed by atoms with E-state index in [1.807, 2.05) is 0 Å². The number of aromatic nitrogens is 4. The number of carbonyl (C=O) groups excluding carboxylic acids is 1. The van der Waals surface area contributed by atoms with E-state index in [-0.39, 0.29) is 5.56 Å². The topological polar surface area (TPSA) is 86.4 Å². The lowest BCUT2D eigenvalue weighted by molar-refractivity contribution is -0.131. The monoisotopic (exact) mass is 442 g/mol. The van der Waals surface area contributed by atoms with Crippen molar-refractivity contribution in [2.24, 2.45) is 0 Å². The van der Waals surface area contributed by atoms with E-state index in [0.29, 0.717) is 26.6 Å². The molecule has 0 amide bonds. The summed E-state index contributed by atoms with van der Waals surface area (Å²) in [7, 11) is 0. The van der Waals surface area contributed by atoms with Gasteiger partial charge in [-0.2, -0.15) is 9.50 Å². The minimum Gasteiger partial charge on any atom is -0.426 e. The lowest BCUT2D eigenvalue weighted by Crippen LogP contribution is -2.23. The number of halogens is 1. The van der Waals surface area contributed by atoms with Crippen molar-refractivity contribution < 1.29 is 9.53 Å². The number of fused-ring (bicyclic) bond motifs is 1. The van der Waals surface area contributed by atoms with Gasteiger partial charge in [0.2, 0.25) is 4.96 Å². The Balaban J connectivity index is 1.82. The Labute approximate surface area is 165 Å². The predicted octanol–water partition coefficient (Wildman–Crippen LogP) is 2.45. The Morgan fingerprint density at radius 2 is 2.04 bits per heavy atom. The van der Waals surface area contributed by atoms with Crippen LogP contribution in [0, 0.1) is 0 Å². The molecule has 0 aliphatic heterocycles. The third kappa shape index (κ3) is 3.51. The van der Waals surface area contributed by atoms with E-state index in [0.717, 1.165) is 10.0 Å². The van der Waals surface area contributed by atoms with Gasteiger partial charge in [0.25, 0.3) is 5.56 Å². The van der Waals surface area contributed by atoms with E-state index >= 15 is 0 Å². The van der Waals surface area contributed by atoms with Crippen LogP contribution in [0.3, 0.4) is 0 Å². The summed E-state index contributed by atoms with van der Waals surface area (Å²) in [5.74, 6) is 0.413. The van der Waals surface area contributed by atoms with Crippen LogP contribution < -0.4 is 14.8 Å². The van der Waals surface area contributed by atoms with Crippen molar-refractivity contribution in [3.05, 3.63) is 67.6 Å². The van der Waals surface area contributed by atoms with Crippen molar-refractivity contribution in [1.82, 2.24) is 19.6 Å².